The van der Waals surface area contributed by atoms with E-state index in [4.69, 9.17) is 16.3 Å². The molecular formula is C16H24ClNO. The maximum Gasteiger partial charge on any atom is 0.137 e. The molecule has 0 saturated heterocycles. The third-order valence-electron chi connectivity index (χ3n) is 4.08. The Morgan fingerprint density at radius 3 is 2.68 bits per heavy atom. The minimum absolute atomic E-state index is 0.427. The molecule has 1 fully saturated rings. The number of hydrogen-bond donors (Lipinski definition) is 1. The van der Waals surface area contributed by atoms with Crippen LogP contribution in [0.2, 0.25) is 5.02 Å². The van der Waals surface area contributed by atoms with E-state index in [9.17, 15) is 0 Å². The van der Waals surface area contributed by atoms with Crippen LogP contribution in [0.25, 0.3) is 0 Å². The van der Waals surface area contributed by atoms with Gasteiger partial charge in [0.05, 0.1) is 12.1 Å². The van der Waals surface area contributed by atoms with E-state index in [1.807, 2.05) is 6.07 Å². The number of hydrogen-bond acceptors (Lipinski definition) is 2. The van der Waals surface area contributed by atoms with Crippen molar-refractivity contribution in [1.29, 1.82) is 0 Å². The summed E-state index contributed by atoms with van der Waals surface area (Å²) < 4.78 is 5.34. The second-order valence-corrected chi connectivity index (χ2v) is 5.73. The van der Waals surface area contributed by atoms with Crippen LogP contribution in [0.5, 0.6) is 5.75 Å². The summed E-state index contributed by atoms with van der Waals surface area (Å²) in [5.41, 5.74) is 1.30. The molecule has 0 aromatic heterocycles. The number of halogens is 1. The van der Waals surface area contributed by atoms with Gasteiger partial charge in [0.15, 0.2) is 0 Å². The van der Waals surface area contributed by atoms with Gasteiger partial charge in [0.1, 0.15) is 5.75 Å². The van der Waals surface area contributed by atoms with Crippen molar-refractivity contribution in [3.05, 3.63) is 28.8 Å². The first kappa shape index (κ1) is 14.7. The molecule has 0 radical (unpaired) electrons. The van der Waals surface area contributed by atoms with Crippen LogP contribution in [-0.4, -0.2) is 13.7 Å². The molecule has 1 aromatic rings. The number of ether oxygens (including phenoxy) is 1. The van der Waals surface area contributed by atoms with Gasteiger partial charge in [0.25, 0.3) is 0 Å². The lowest BCUT2D eigenvalue weighted by molar-refractivity contribution is 0.274. The van der Waals surface area contributed by atoms with E-state index in [-0.39, 0.29) is 0 Å². The van der Waals surface area contributed by atoms with E-state index in [1.165, 1.54) is 37.7 Å². The van der Waals surface area contributed by atoms with Crippen molar-refractivity contribution in [2.75, 3.05) is 13.7 Å². The smallest absolute Gasteiger partial charge is 0.137 e. The van der Waals surface area contributed by atoms with Crippen LogP contribution < -0.4 is 10.1 Å². The molecule has 106 valence electrons. The number of nitrogens with one attached hydrogen (secondary N) is 1. The van der Waals surface area contributed by atoms with Gasteiger partial charge >= 0.3 is 0 Å². The van der Waals surface area contributed by atoms with Gasteiger partial charge in [-0.1, -0.05) is 43.9 Å². The van der Waals surface area contributed by atoms with E-state index < -0.39 is 0 Å². The zero-order chi connectivity index (χ0) is 13.7. The Balaban J connectivity index is 2.22. The predicted octanol–water partition coefficient (Wildman–Crippen LogP) is 4.58. The zero-order valence-electron chi connectivity index (χ0n) is 11.9. The van der Waals surface area contributed by atoms with Gasteiger partial charge in [-0.3, -0.25) is 0 Å². The summed E-state index contributed by atoms with van der Waals surface area (Å²) in [6.07, 6.45) is 6.75. The summed E-state index contributed by atoms with van der Waals surface area (Å²) in [5, 5.41) is 4.33. The van der Waals surface area contributed by atoms with Crippen molar-refractivity contribution >= 4 is 11.6 Å². The van der Waals surface area contributed by atoms with Gasteiger partial charge in [0.2, 0.25) is 0 Å². The molecule has 1 atom stereocenters. The van der Waals surface area contributed by atoms with Gasteiger partial charge in [-0.15, -0.1) is 0 Å². The molecule has 19 heavy (non-hydrogen) atoms. The largest absolute Gasteiger partial charge is 0.495 e. The van der Waals surface area contributed by atoms with Crippen LogP contribution in [0.4, 0.5) is 0 Å². The maximum atomic E-state index is 6.12. The van der Waals surface area contributed by atoms with Crippen molar-refractivity contribution in [2.45, 2.75) is 45.1 Å². The fraction of sp³-hybridized carbons (Fsp3) is 0.625. The van der Waals surface area contributed by atoms with Crippen molar-refractivity contribution in [1.82, 2.24) is 5.32 Å². The Bertz CT molecular complexity index is 402. The minimum Gasteiger partial charge on any atom is -0.495 e. The fourth-order valence-electron chi connectivity index (χ4n) is 3.11. The minimum atomic E-state index is 0.427. The first-order valence-electron chi connectivity index (χ1n) is 7.33. The topological polar surface area (TPSA) is 21.3 Å². The molecule has 0 aliphatic heterocycles. The molecule has 3 heteroatoms. The van der Waals surface area contributed by atoms with Crippen molar-refractivity contribution in [3.63, 3.8) is 0 Å². The molecule has 1 unspecified atom stereocenters. The lowest BCUT2D eigenvalue weighted by Crippen LogP contribution is -2.29. The maximum absolute atomic E-state index is 6.12. The van der Waals surface area contributed by atoms with E-state index in [2.05, 4.69) is 24.4 Å². The molecule has 0 spiro atoms. The van der Waals surface area contributed by atoms with E-state index in [0.29, 0.717) is 11.1 Å². The Morgan fingerprint density at radius 2 is 2.05 bits per heavy atom. The lowest BCUT2D eigenvalue weighted by atomic mass is 9.81. The highest BCUT2D eigenvalue weighted by atomic mass is 35.5. The summed E-state index contributed by atoms with van der Waals surface area (Å²) in [4.78, 5) is 0. The molecule has 2 nitrogen and oxygen atoms in total. The van der Waals surface area contributed by atoms with Gasteiger partial charge in [-0.2, -0.15) is 0 Å². The molecule has 2 rings (SSSR count). The Hall–Kier alpha value is -0.730. The molecule has 1 aliphatic rings. The van der Waals surface area contributed by atoms with Crippen LogP contribution in [0.1, 0.15) is 50.6 Å². The molecular weight excluding hydrogens is 258 g/mol. The standard InChI is InChI=1S/C16H24ClNO/c1-3-18-16(12-7-5-4-6-8-12)13-9-10-14(17)15(11-13)19-2/h9-12,16,18H,3-8H2,1-2H3. The van der Waals surface area contributed by atoms with Crippen LogP contribution in [0.15, 0.2) is 18.2 Å². The van der Waals surface area contributed by atoms with E-state index >= 15 is 0 Å². The first-order valence-corrected chi connectivity index (χ1v) is 7.71. The normalized spacial score (nSPS) is 18.3. The lowest BCUT2D eigenvalue weighted by Gasteiger charge is -2.31. The van der Waals surface area contributed by atoms with E-state index in [1.54, 1.807) is 7.11 Å². The van der Waals surface area contributed by atoms with Gasteiger partial charge in [0, 0.05) is 6.04 Å². The highest BCUT2D eigenvalue weighted by Crippen LogP contribution is 2.36. The SMILES string of the molecule is CCNC(c1ccc(Cl)c(OC)c1)C1CCCCC1. The summed E-state index contributed by atoms with van der Waals surface area (Å²) in [6.45, 7) is 3.16. The van der Waals surface area contributed by atoms with Crippen molar-refractivity contribution < 1.29 is 4.74 Å². The Morgan fingerprint density at radius 1 is 1.32 bits per heavy atom. The van der Waals surface area contributed by atoms with Crippen LogP contribution in [-0.2, 0) is 0 Å². The Labute approximate surface area is 121 Å². The second-order valence-electron chi connectivity index (χ2n) is 5.33. The summed E-state index contributed by atoms with van der Waals surface area (Å²) in [7, 11) is 1.67. The average Bonchev–Trinajstić information content (AvgIpc) is 2.46. The van der Waals surface area contributed by atoms with Crippen LogP contribution in [0.3, 0.4) is 0 Å². The number of methoxy groups -OCH3 is 1. The van der Waals surface area contributed by atoms with Crippen LogP contribution in [0, 0.1) is 5.92 Å². The molecule has 1 saturated carbocycles. The van der Waals surface area contributed by atoms with Gasteiger partial charge in [-0.25, -0.2) is 0 Å². The summed E-state index contributed by atoms with van der Waals surface area (Å²) in [5.74, 6) is 1.51. The monoisotopic (exact) mass is 281 g/mol. The van der Waals surface area contributed by atoms with Crippen LogP contribution >= 0.6 is 11.6 Å². The molecule has 0 amide bonds. The second kappa shape index (κ2) is 7.16. The quantitative estimate of drug-likeness (QED) is 0.853. The molecule has 1 aliphatic carbocycles. The molecule has 1 N–H and O–H groups in total. The van der Waals surface area contributed by atoms with Crippen molar-refractivity contribution in [3.8, 4) is 5.75 Å². The van der Waals surface area contributed by atoms with E-state index in [0.717, 1.165) is 18.2 Å². The van der Waals surface area contributed by atoms with Gasteiger partial charge in [-0.05, 0) is 43.0 Å². The molecule has 0 bridgehead atoms. The number of rotatable bonds is 5. The zero-order valence-corrected chi connectivity index (χ0v) is 12.7. The summed E-state index contributed by atoms with van der Waals surface area (Å²) in [6, 6.07) is 6.59. The molecule has 1 aromatic carbocycles. The summed E-state index contributed by atoms with van der Waals surface area (Å²) >= 11 is 6.12. The fourth-order valence-corrected chi connectivity index (χ4v) is 3.31. The average molecular weight is 282 g/mol. The van der Waals surface area contributed by atoms with Gasteiger partial charge < -0.3 is 10.1 Å². The third-order valence-corrected chi connectivity index (χ3v) is 4.39. The highest BCUT2D eigenvalue weighted by molar-refractivity contribution is 6.32. The number of benzene rings is 1. The first-order chi connectivity index (χ1) is 9.26. The predicted molar refractivity (Wildman–Crippen MR) is 81.0 cm³/mol. The molecule has 0 heterocycles. The third kappa shape index (κ3) is 3.64. The highest BCUT2D eigenvalue weighted by Gasteiger charge is 2.24. The Kier molecular flexibility index (Phi) is 5.53. The van der Waals surface area contributed by atoms with Crippen molar-refractivity contribution in [2.24, 2.45) is 5.92 Å².